The van der Waals surface area contributed by atoms with E-state index in [4.69, 9.17) is 47.6 Å². The van der Waals surface area contributed by atoms with Crippen LogP contribution in [0.3, 0.4) is 0 Å². The molecule has 25 nitrogen and oxygen atoms in total. The van der Waals surface area contributed by atoms with Crippen LogP contribution in [-0.2, 0) is 108 Å². The first-order valence-corrected chi connectivity index (χ1v) is 28.6. The first-order valence-electron chi connectivity index (χ1n) is 28.6. The third kappa shape index (κ3) is 17.7. The van der Waals surface area contributed by atoms with E-state index in [1.807, 2.05) is 6.07 Å². The minimum absolute atomic E-state index is 0.0171. The van der Waals surface area contributed by atoms with Gasteiger partial charge in [0.1, 0.15) is 24.3 Å². The number of fused-ring (bicyclic) bond motifs is 5. The number of cyclic esters (lactones) is 1. The lowest BCUT2D eigenvalue weighted by Gasteiger charge is -2.26. The van der Waals surface area contributed by atoms with Gasteiger partial charge in [0.15, 0.2) is 0 Å². The molecule has 0 spiro atoms. The highest BCUT2D eigenvalue weighted by atomic mass is 16.6. The third-order valence-electron chi connectivity index (χ3n) is 14.6. The van der Waals surface area contributed by atoms with Gasteiger partial charge in [-0.15, -0.1) is 0 Å². The molecule has 1 aliphatic carbocycles. The summed E-state index contributed by atoms with van der Waals surface area (Å²) < 4.78 is 51.0. The van der Waals surface area contributed by atoms with Crippen molar-refractivity contribution >= 4 is 58.0 Å². The van der Waals surface area contributed by atoms with Gasteiger partial charge in [-0.1, -0.05) is 20.8 Å². The van der Waals surface area contributed by atoms with E-state index in [1.54, 1.807) is 44.4 Å². The molecule has 83 heavy (non-hydrogen) atoms. The monoisotopic (exact) mass is 1160 g/mol. The zero-order valence-electron chi connectivity index (χ0n) is 47.9. The number of pyridine rings is 2. The van der Waals surface area contributed by atoms with Crippen molar-refractivity contribution < 1.29 is 81.3 Å². The van der Waals surface area contributed by atoms with E-state index >= 15 is 0 Å². The van der Waals surface area contributed by atoms with Crippen molar-refractivity contribution in [2.24, 2.45) is 5.92 Å². The van der Waals surface area contributed by atoms with Gasteiger partial charge in [0.05, 0.1) is 141 Å². The van der Waals surface area contributed by atoms with Gasteiger partial charge in [0, 0.05) is 54.7 Å². The number of nitrogens with zero attached hydrogens (tertiary/aromatic N) is 3. The van der Waals surface area contributed by atoms with Crippen molar-refractivity contribution in [2.75, 3.05) is 124 Å². The fraction of sp³-hybridized carbons (Fsp3) is 0.603. The summed E-state index contributed by atoms with van der Waals surface area (Å²) in [6, 6.07) is 3.57. The molecule has 3 aromatic rings. The molecule has 1 unspecified atom stereocenters. The number of carbonyl (C=O) groups is 7. The van der Waals surface area contributed by atoms with Crippen LogP contribution in [0.2, 0.25) is 0 Å². The summed E-state index contributed by atoms with van der Waals surface area (Å²) in [6.45, 7) is 13.0. The number of aromatic nitrogens is 2. The largest absolute Gasteiger partial charge is 0.460 e. The molecule has 1 aromatic carbocycles. The number of hydrogen-bond acceptors (Lipinski definition) is 19. The van der Waals surface area contributed by atoms with Crippen molar-refractivity contribution in [3.05, 3.63) is 68.5 Å². The highest BCUT2D eigenvalue weighted by molar-refractivity contribution is 6.13. The number of carbonyl (C=O) groups excluding carboxylic acids is 7. The van der Waals surface area contributed by atoms with Gasteiger partial charge in [-0.3, -0.25) is 43.3 Å². The van der Waals surface area contributed by atoms with Crippen molar-refractivity contribution in [3.8, 4) is 11.4 Å². The van der Waals surface area contributed by atoms with Crippen molar-refractivity contribution in [1.29, 1.82) is 0 Å². The highest BCUT2D eigenvalue weighted by Gasteiger charge is 2.40. The molecule has 25 heteroatoms. The average molecular weight is 1160 g/mol. The summed E-state index contributed by atoms with van der Waals surface area (Å²) in [4.78, 5) is 107. The smallest absolute Gasteiger partial charge is 0.309 e. The molecule has 454 valence electrons. The van der Waals surface area contributed by atoms with Crippen LogP contribution in [0.15, 0.2) is 35.1 Å². The molecule has 0 saturated carbocycles. The summed E-state index contributed by atoms with van der Waals surface area (Å²) in [6.07, 6.45) is 4.59. The number of benzene rings is 1. The molecule has 0 saturated heterocycles. The van der Waals surface area contributed by atoms with Gasteiger partial charge in [-0.2, -0.15) is 0 Å². The molecular weight excluding hydrogens is 1080 g/mol. The SMILES string of the molecule is CCC1(O)CC(=O)OCc2c1cc1n(c2=O)Cc2c-1nc1ccc(NC(=O)[C@H](C)NC(=O)[C@@H](NC(=O)CCOCCOCCOCCOCCOCCOCCOCCOCCNC(=O)CCN3C(=O)C=CC3=O)C(C)C)c3c1c2CCC3. The van der Waals surface area contributed by atoms with Gasteiger partial charge in [0.2, 0.25) is 23.6 Å². The van der Waals surface area contributed by atoms with Crippen LogP contribution in [-0.4, -0.2) is 192 Å². The number of anilines is 1. The van der Waals surface area contributed by atoms with Crippen LogP contribution < -0.4 is 26.8 Å². The maximum absolute atomic E-state index is 14.0. The summed E-state index contributed by atoms with van der Waals surface area (Å²) in [5, 5.41) is 23.7. The zero-order chi connectivity index (χ0) is 59.3. The Morgan fingerprint density at radius 3 is 1.83 bits per heavy atom. The molecule has 7 rings (SSSR count). The fourth-order valence-electron chi connectivity index (χ4n) is 10.0. The van der Waals surface area contributed by atoms with Gasteiger partial charge >= 0.3 is 5.97 Å². The summed E-state index contributed by atoms with van der Waals surface area (Å²) in [5.41, 5.74) is 4.19. The number of imide groups is 1. The maximum Gasteiger partial charge on any atom is 0.309 e. The summed E-state index contributed by atoms with van der Waals surface area (Å²) in [5.74, 6) is -3.25. The number of aliphatic hydroxyl groups is 1. The normalized spacial score (nSPS) is 16.8. The standard InChI is InChI=1S/C58H79N7O18/c1-5-58(74)34-51(70)83-36-42-43(58)33-46-54-41(35-65(46)57(42)73)39-7-6-8-40-44(9-10-45(61-54)52(39)40)62-55(71)38(4)60-56(72)53(37(2)3)63-48(67)14-17-75-19-21-77-23-25-79-27-29-81-31-32-82-30-28-80-26-24-78-22-20-76-18-15-59-47(66)13-16-64-49(68)11-12-50(64)69/h9-12,33,37-38,53,74H,5-8,13-32,34-36H2,1-4H3,(H,59,66)(H,60,72)(H,62,71)(H,63,67)/t38-,53-,58?/m0/s1. The molecule has 6 amide bonds. The van der Waals surface area contributed by atoms with Crippen molar-refractivity contribution in [1.82, 2.24) is 30.4 Å². The predicted molar refractivity (Wildman–Crippen MR) is 299 cm³/mol. The molecule has 5 N–H and O–H groups in total. The van der Waals surface area contributed by atoms with E-state index in [0.29, 0.717) is 134 Å². The predicted octanol–water partition coefficient (Wildman–Crippen LogP) is 1.50. The van der Waals surface area contributed by atoms with Gasteiger partial charge in [-0.25, -0.2) is 4.98 Å². The van der Waals surface area contributed by atoms with Crippen LogP contribution in [0.1, 0.15) is 87.6 Å². The molecule has 0 fully saturated rings. The van der Waals surface area contributed by atoms with Gasteiger partial charge < -0.3 is 73.6 Å². The maximum atomic E-state index is 14.0. The number of aryl methyl sites for hydroxylation is 2. The Hall–Kier alpha value is -6.55. The molecule has 0 radical (unpaired) electrons. The minimum atomic E-state index is -1.55. The van der Waals surface area contributed by atoms with Crippen molar-refractivity contribution in [3.63, 3.8) is 0 Å². The molecule has 4 aliphatic rings. The number of nitrogens with one attached hydrogen (secondary N) is 4. The number of ether oxygens (including phenoxy) is 9. The number of hydrogen-bond donors (Lipinski definition) is 5. The first-order chi connectivity index (χ1) is 40.1. The average Bonchev–Trinajstić information content (AvgIpc) is 4.22. The van der Waals surface area contributed by atoms with Crippen LogP contribution in [0.25, 0.3) is 22.3 Å². The third-order valence-corrected chi connectivity index (χ3v) is 14.6. The van der Waals surface area contributed by atoms with Crippen LogP contribution in [0.5, 0.6) is 0 Å². The minimum Gasteiger partial charge on any atom is -0.460 e. The second-order valence-electron chi connectivity index (χ2n) is 20.7. The van der Waals surface area contributed by atoms with Gasteiger partial charge in [0.25, 0.3) is 17.4 Å². The van der Waals surface area contributed by atoms with E-state index in [2.05, 4.69) is 21.3 Å². The van der Waals surface area contributed by atoms with E-state index < -0.39 is 47.3 Å². The fourth-order valence-corrected chi connectivity index (χ4v) is 10.0. The Labute approximate surface area is 481 Å². The van der Waals surface area contributed by atoms with Crippen LogP contribution in [0, 0.1) is 5.92 Å². The highest BCUT2D eigenvalue weighted by Crippen LogP contribution is 2.43. The summed E-state index contributed by atoms with van der Waals surface area (Å²) in [7, 11) is 0. The Bertz CT molecular complexity index is 2860. The lowest BCUT2D eigenvalue weighted by molar-refractivity contribution is -0.149. The summed E-state index contributed by atoms with van der Waals surface area (Å²) >= 11 is 0. The lowest BCUT2D eigenvalue weighted by Crippen LogP contribution is -2.53. The zero-order valence-corrected chi connectivity index (χ0v) is 47.9. The number of amides is 6. The van der Waals surface area contributed by atoms with Gasteiger partial charge in [-0.05, 0) is 73.4 Å². The Morgan fingerprint density at radius 1 is 0.687 bits per heavy atom. The Balaban J connectivity index is 0.681. The van der Waals surface area contributed by atoms with E-state index in [0.717, 1.165) is 39.8 Å². The molecule has 3 aliphatic heterocycles. The van der Waals surface area contributed by atoms with E-state index in [1.165, 1.54) is 12.2 Å². The second-order valence-corrected chi connectivity index (χ2v) is 20.7. The molecule has 0 bridgehead atoms. The molecule has 2 aromatic heterocycles. The van der Waals surface area contributed by atoms with Crippen LogP contribution >= 0.6 is 0 Å². The molecule has 3 atom stereocenters. The van der Waals surface area contributed by atoms with E-state index in [9.17, 15) is 43.5 Å². The second kappa shape index (κ2) is 31.9. The topological polar surface area (TPSA) is 309 Å². The number of esters is 1. The van der Waals surface area contributed by atoms with Crippen LogP contribution in [0.4, 0.5) is 5.69 Å². The Kier molecular flexibility index (Phi) is 24.6. The van der Waals surface area contributed by atoms with E-state index in [-0.39, 0.29) is 87.4 Å². The van der Waals surface area contributed by atoms with Crippen molar-refractivity contribution in [2.45, 2.75) is 103 Å². The number of rotatable bonds is 37. The first kappa shape index (κ1) is 64.0. The molecule has 5 heterocycles. The molecular formula is C58H79N7O18. The lowest BCUT2D eigenvalue weighted by atomic mass is 9.85. The quantitative estimate of drug-likeness (QED) is 0.0243. The Morgan fingerprint density at radius 2 is 1.25 bits per heavy atom.